The molecule has 1 saturated carbocycles. The molecule has 0 bridgehead atoms. The Hall–Kier alpha value is -1.71. The third kappa shape index (κ3) is 8.22. The molecule has 1 amide bonds. The fraction of sp³-hybridized carbons (Fsp3) is 0.680. The molecule has 1 saturated heterocycles. The molecule has 2 fully saturated rings. The highest BCUT2D eigenvalue weighted by atomic mass is 127. The summed E-state index contributed by atoms with van der Waals surface area (Å²) in [6.07, 6.45) is 7.70. The number of nitrogens with zero attached hydrogens (tertiary/aromatic N) is 2. The highest BCUT2D eigenvalue weighted by Crippen LogP contribution is 2.29. The second kappa shape index (κ2) is 14.5. The Kier molecular flexibility index (Phi) is 12.1. The number of carbonyl (C=O) groups excluding carboxylic acids is 1. The van der Waals surface area contributed by atoms with Crippen LogP contribution in [0.4, 0.5) is 0 Å². The van der Waals surface area contributed by atoms with E-state index in [1.807, 2.05) is 18.2 Å². The van der Waals surface area contributed by atoms with Crippen LogP contribution in [0.3, 0.4) is 0 Å². The zero-order valence-corrected chi connectivity index (χ0v) is 22.7. The van der Waals surface area contributed by atoms with Gasteiger partial charge in [-0.3, -0.25) is 4.79 Å². The van der Waals surface area contributed by atoms with Gasteiger partial charge >= 0.3 is 0 Å². The number of benzene rings is 1. The van der Waals surface area contributed by atoms with Crippen molar-refractivity contribution < 1.29 is 14.3 Å². The smallest absolute Gasteiger partial charge is 0.225 e. The van der Waals surface area contributed by atoms with E-state index < -0.39 is 0 Å². The molecule has 7 nitrogen and oxygen atoms in total. The number of aliphatic imine (C=N–C) groups is 1. The molecule has 33 heavy (non-hydrogen) atoms. The summed E-state index contributed by atoms with van der Waals surface area (Å²) < 4.78 is 11.2. The fourth-order valence-electron chi connectivity index (χ4n) is 4.51. The van der Waals surface area contributed by atoms with Gasteiger partial charge in [-0.05, 0) is 50.3 Å². The summed E-state index contributed by atoms with van der Waals surface area (Å²) in [5.41, 5.74) is 1.06. The SMILES string of the molecule is CCCOc1ccc(CN=C(NCC)NC2CCN(C(=O)C3CCCCC3)C2)cc1OC.I. The minimum Gasteiger partial charge on any atom is -0.493 e. The molecule has 1 aromatic carbocycles. The molecule has 1 aliphatic carbocycles. The second-order valence-electron chi connectivity index (χ2n) is 8.78. The Balaban J connectivity index is 0.00000385. The van der Waals surface area contributed by atoms with Gasteiger partial charge in [0, 0.05) is 31.6 Å². The van der Waals surface area contributed by atoms with Crippen molar-refractivity contribution in [1.82, 2.24) is 15.5 Å². The van der Waals surface area contributed by atoms with E-state index >= 15 is 0 Å². The number of halogens is 1. The van der Waals surface area contributed by atoms with Crippen molar-refractivity contribution in [2.75, 3.05) is 33.4 Å². The molecular formula is C25H41IN4O3. The van der Waals surface area contributed by atoms with E-state index in [4.69, 9.17) is 14.5 Å². The van der Waals surface area contributed by atoms with E-state index in [1.54, 1.807) is 7.11 Å². The summed E-state index contributed by atoms with van der Waals surface area (Å²) in [5, 5.41) is 6.87. The van der Waals surface area contributed by atoms with Gasteiger partial charge in [0.15, 0.2) is 17.5 Å². The van der Waals surface area contributed by atoms with Crippen molar-refractivity contribution in [2.45, 2.75) is 71.4 Å². The van der Waals surface area contributed by atoms with Gasteiger partial charge in [-0.25, -0.2) is 4.99 Å². The summed E-state index contributed by atoms with van der Waals surface area (Å²) in [6.45, 7) is 7.74. The quantitative estimate of drug-likeness (QED) is 0.262. The van der Waals surface area contributed by atoms with Crippen LogP contribution >= 0.6 is 24.0 Å². The van der Waals surface area contributed by atoms with E-state index in [2.05, 4.69) is 29.4 Å². The monoisotopic (exact) mass is 572 g/mol. The first-order valence-corrected chi connectivity index (χ1v) is 12.3. The molecule has 0 radical (unpaired) electrons. The normalized spacial score (nSPS) is 19.1. The molecule has 3 rings (SSSR count). The van der Waals surface area contributed by atoms with Gasteiger partial charge in [0.05, 0.1) is 20.3 Å². The van der Waals surface area contributed by atoms with Gasteiger partial charge in [0.2, 0.25) is 5.91 Å². The van der Waals surface area contributed by atoms with Crippen LogP contribution in [0.25, 0.3) is 0 Å². The van der Waals surface area contributed by atoms with Crippen molar-refractivity contribution in [3.8, 4) is 11.5 Å². The molecule has 2 N–H and O–H groups in total. The zero-order chi connectivity index (χ0) is 22.8. The molecular weight excluding hydrogens is 531 g/mol. The minimum absolute atomic E-state index is 0. The van der Waals surface area contributed by atoms with Crippen LogP contribution < -0.4 is 20.1 Å². The maximum absolute atomic E-state index is 12.9. The van der Waals surface area contributed by atoms with Crippen LogP contribution in [0.1, 0.15) is 64.4 Å². The standard InChI is InChI=1S/C25H40N4O3.HI/c1-4-15-32-22-12-11-19(16-23(22)31-3)17-27-25(26-5-2)28-21-13-14-29(18-21)24(30)20-9-7-6-8-10-20;/h11-12,16,20-21H,4-10,13-15,17-18H2,1-3H3,(H2,26,27,28);1H. The molecule has 1 unspecified atom stereocenters. The van der Waals surface area contributed by atoms with Gasteiger partial charge in [0.25, 0.3) is 0 Å². The number of likely N-dealkylation sites (tertiary alicyclic amines) is 1. The fourth-order valence-corrected chi connectivity index (χ4v) is 4.51. The van der Waals surface area contributed by atoms with Gasteiger partial charge in [-0.1, -0.05) is 32.3 Å². The molecule has 2 aliphatic rings. The molecule has 0 spiro atoms. The van der Waals surface area contributed by atoms with Crippen molar-refractivity contribution >= 4 is 35.8 Å². The van der Waals surface area contributed by atoms with Crippen molar-refractivity contribution in [1.29, 1.82) is 0 Å². The summed E-state index contributed by atoms with van der Waals surface area (Å²) in [4.78, 5) is 19.7. The van der Waals surface area contributed by atoms with Gasteiger partial charge < -0.3 is 25.0 Å². The Morgan fingerprint density at radius 3 is 2.64 bits per heavy atom. The Labute approximate surface area is 216 Å². The molecule has 1 atom stereocenters. The predicted molar refractivity (Wildman–Crippen MR) is 144 cm³/mol. The van der Waals surface area contributed by atoms with Crippen molar-refractivity contribution in [3.63, 3.8) is 0 Å². The van der Waals surface area contributed by atoms with Gasteiger partial charge in [-0.15, -0.1) is 24.0 Å². The van der Waals surface area contributed by atoms with E-state index in [1.165, 1.54) is 19.3 Å². The molecule has 1 aliphatic heterocycles. The topological polar surface area (TPSA) is 75.2 Å². The lowest BCUT2D eigenvalue weighted by atomic mass is 9.88. The Bertz CT molecular complexity index is 768. The average Bonchev–Trinajstić information content (AvgIpc) is 3.30. The van der Waals surface area contributed by atoms with Gasteiger partial charge in [0.1, 0.15) is 0 Å². The average molecular weight is 573 g/mol. The summed E-state index contributed by atoms with van der Waals surface area (Å²) in [6, 6.07) is 6.20. The summed E-state index contributed by atoms with van der Waals surface area (Å²) >= 11 is 0. The lowest BCUT2D eigenvalue weighted by molar-refractivity contribution is -0.135. The maximum Gasteiger partial charge on any atom is 0.225 e. The number of ether oxygens (including phenoxy) is 2. The maximum atomic E-state index is 12.9. The van der Waals surface area contributed by atoms with Crippen LogP contribution in [0, 0.1) is 5.92 Å². The number of hydrogen-bond donors (Lipinski definition) is 2. The molecule has 0 aromatic heterocycles. The van der Waals surface area contributed by atoms with Crippen LogP contribution in [-0.2, 0) is 11.3 Å². The largest absolute Gasteiger partial charge is 0.493 e. The highest BCUT2D eigenvalue weighted by Gasteiger charge is 2.31. The number of carbonyl (C=O) groups is 1. The molecule has 1 heterocycles. The zero-order valence-electron chi connectivity index (χ0n) is 20.4. The lowest BCUT2D eigenvalue weighted by Gasteiger charge is -2.26. The minimum atomic E-state index is 0. The van der Waals surface area contributed by atoms with E-state index in [0.29, 0.717) is 19.1 Å². The summed E-state index contributed by atoms with van der Waals surface area (Å²) in [5.74, 6) is 2.88. The van der Waals surface area contributed by atoms with E-state index in [0.717, 1.165) is 68.3 Å². The van der Waals surface area contributed by atoms with E-state index in [9.17, 15) is 4.79 Å². The molecule has 186 valence electrons. The Morgan fingerprint density at radius 2 is 1.94 bits per heavy atom. The number of guanidine groups is 1. The van der Waals surface area contributed by atoms with Crippen LogP contribution in [-0.4, -0.2) is 56.2 Å². The lowest BCUT2D eigenvalue weighted by Crippen LogP contribution is -2.45. The van der Waals surface area contributed by atoms with Gasteiger partial charge in [-0.2, -0.15) is 0 Å². The number of amides is 1. The number of rotatable bonds is 9. The van der Waals surface area contributed by atoms with Crippen LogP contribution in [0.2, 0.25) is 0 Å². The van der Waals surface area contributed by atoms with Crippen LogP contribution in [0.5, 0.6) is 11.5 Å². The number of hydrogen-bond acceptors (Lipinski definition) is 4. The summed E-state index contributed by atoms with van der Waals surface area (Å²) in [7, 11) is 1.66. The number of methoxy groups -OCH3 is 1. The highest BCUT2D eigenvalue weighted by molar-refractivity contribution is 14.0. The third-order valence-corrected chi connectivity index (χ3v) is 6.25. The molecule has 1 aromatic rings. The first kappa shape index (κ1) is 27.5. The van der Waals surface area contributed by atoms with E-state index in [-0.39, 0.29) is 35.9 Å². The predicted octanol–water partition coefficient (Wildman–Crippen LogP) is 4.34. The molecule has 8 heteroatoms. The van der Waals surface area contributed by atoms with Crippen LogP contribution in [0.15, 0.2) is 23.2 Å². The number of nitrogens with one attached hydrogen (secondary N) is 2. The second-order valence-corrected chi connectivity index (χ2v) is 8.78. The third-order valence-electron chi connectivity index (χ3n) is 6.25. The first-order valence-electron chi connectivity index (χ1n) is 12.3. The van der Waals surface area contributed by atoms with Crippen molar-refractivity contribution in [2.24, 2.45) is 10.9 Å². The van der Waals surface area contributed by atoms with Crippen molar-refractivity contribution in [3.05, 3.63) is 23.8 Å². The Morgan fingerprint density at radius 1 is 1.15 bits per heavy atom. The first-order chi connectivity index (χ1) is 15.6.